The monoisotopic (exact) mass is 568 g/mol. The first kappa shape index (κ1) is 29.0. The maximum atomic E-state index is 14.0. The number of benzene rings is 3. The summed E-state index contributed by atoms with van der Waals surface area (Å²) in [5.74, 6) is -1.17. The quantitative estimate of drug-likeness (QED) is 0.254. The Morgan fingerprint density at radius 1 is 0.738 bits per heavy atom. The molecule has 3 aromatic carbocycles. The molecule has 1 saturated heterocycles. The van der Waals surface area contributed by atoms with Crippen LogP contribution in [0.25, 0.3) is 0 Å². The maximum absolute atomic E-state index is 14.0. The van der Waals surface area contributed by atoms with Gasteiger partial charge >= 0.3 is 0 Å². The first-order valence-corrected chi connectivity index (χ1v) is 15.0. The van der Waals surface area contributed by atoms with E-state index in [0.717, 1.165) is 16.7 Å². The van der Waals surface area contributed by atoms with Crippen molar-refractivity contribution in [1.82, 2.24) is 0 Å². The van der Waals surface area contributed by atoms with Crippen LogP contribution in [-0.4, -0.2) is 42.6 Å². The Hall–Kier alpha value is -3.13. The topological polar surface area (TPSA) is 63.2 Å². The Labute approximate surface area is 248 Å². The van der Waals surface area contributed by atoms with Crippen LogP contribution in [0.3, 0.4) is 0 Å². The van der Waals surface area contributed by atoms with Crippen molar-refractivity contribution < 1.29 is 28.5 Å². The van der Waals surface area contributed by atoms with Crippen LogP contribution in [-0.2, 0) is 48.3 Å². The molecule has 3 aromatic rings. The molecule has 2 fully saturated rings. The molecule has 0 bridgehead atoms. The van der Waals surface area contributed by atoms with Gasteiger partial charge in [0.15, 0.2) is 11.6 Å². The second-order valence-corrected chi connectivity index (χ2v) is 11.9. The highest BCUT2D eigenvalue weighted by molar-refractivity contribution is 5.86. The van der Waals surface area contributed by atoms with Crippen molar-refractivity contribution in [2.75, 3.05) is 6.61 Å². The van der Waals surface area contributed by atoms with E-state index in [4.69, 9.17) is 23.7 Å². The number of hydrogen-bond donors (Lipinski definition) is 0. The van der Waals surface area contributed by atoms with Gasteiger partial charge in [0.25, 0.3) is 0 Å². The maximum Gasteiger partial charge on any atom is 0.167 e. The molecule has 1 heterocycles. The van der Waals surface area contributed by atoms with E-state index in [0.29, 0.717) is 26.2 Å². The molecule has 7 atom stereocenters. The summed E-state index contributed by atoms with van der Waals surface area (Å²) in [6, 6.07) is 30.5. The van der Waals surface area contributed by atoms with Gasteiger partial charge in [0.2, 0.25) is 0 Å². The third-order valence-corrected chi connectivity index (χ3v) is 8.61. The SMILES string of the molecule is CC1(C)OC[C@H](C(=O)[C@@H]2CC=C[C@@H]3[C@@H](OCc4ccccc4)[C@H](OCc4ccccc4)[C@@H](OCc4ccccc4)[C@H]32)O1. The average Bonchev–Trinajstić information content (AvgIpc) is 3.55. The highest BCUT2D eigenvalue weighted by Crippen LogP contribution is 2.48. The molecule has 0 N–H and O–H groups in total. The van der Waals surface area contributed by atoms with E-state index in [9.17, 15) is 4.79 Å². The molecule has 0 aromatic heterocycles. The molecule has 0 radical (unpaired) electrons. The summed E-state index contributed by atoms with van der Waals surface area (Å²) in [7, 11) is 0. The van der Waals surface area contributed by atoms with Crippen molar-refractivity contribution in [3.05, 3.63) is 120 Å². The largest absolute Gasteiger partial charge is 0.370 e. The van der Waals surface area contributed by atoms with Crippen molar-refractivity contribution in [3.63, 3.8) is 0 Å². The van der Waals surface area contributed by atoms with Crippen LogP contribution in [0.2, 0.25) is 0 Å². The lowest BCUT2D eigenvalue weighted by molar-refractivity contribution is -0.158. The Balaban J connectivity index is 1.31. The predicted molar refractivity (Wildman–Crippen MR) is 159 cm³/mol. The minimum atomic E-state index is -0.772. The van der Waals surface area contributed by atoms with Crippen molar-refractivity contribution in [3.8, 4) is 0 Å². The lowest BCUT2D eigenvalue weighted by Crippen LogP contribution is -2.43. The van der Waals surface area contributed by atoms with Crippen molar-refractivity contribution in [1.29, 1.82) is 0 Å². The lowest BCUT2D eigenvalue weighted by Gasteiger charge is -2.34. The number of carbonyl (C=O) groups is 1. The van der Waals surface area contributed by atoms with Crippen LogP contribution in [0.4, 0.5) is 0 Å². The molecule has 3 aliphatic rings. The first-order chi connectivity index (χ1) is 20.5. The zero-order valence-electron chi connectivity index (χ0n) is 24.3. The van der Waals surface area contributed by atoms with Crippen LogP contribution in [0.5, 0.6) is 0 Å². The number of ether oxygens (including phenoxy) is 5. The summed E-state index contributed by atoms with van der Waals surface area (Å²) in [6.45, 7) is 5.27. The van der Waals surface area contributed by atoms with Gasteiger partial charge in [-0.2, -0.15) is 0 Å². The van der Waals surface area contributed by atoms with Gasteiger partial charge in [-0.25, -0.2) is 0 Å². The highest BCUT2D eigenvalue weighted by atomic mass is 16.7. The molecule has 2 aliphatic carbocycles. The van der Waals surface area contributed by atoms with Gasteiger partial charge in [-0.1, -0.05) is 103 Å². The molecule has 6 heteroatoms. The summed E-state index contributed by atoms with van der Waals surface area (Å²) < 4.78 is 32.0. The van der Waals surface area contributed by atoms with Crippen molar-refractivity contribution in [2.45, 2.75) is 70.3 Å². The van der Waals surface area contributed by atoms with E-state index in [-0.39, 0.29) is 48.5 Å². The van der Waals surface area contributed by atoms with Gasteiger partial charge in [-0.15, -0.1) is 0 Å². The van der Waals surface area contributed by atoms with E-state index in [1.54, 1.807) is 0 Å². The molecular weight excluding hydrogens is 528 g/mol. The Morgan fingerprint density at radius 3 is 1.74 bits per heavy atom. The molecule has 0 spiro atoms. The fourth-order valence-corrected chi connectivity index (χ4v) is 6.61. The standard InChI is InChI=1S/C36H40O6/c1-36(2)41-24-30(42-36)32(37)28-19-12-20-29-31(28)34(39-22-26-15-8-4-9-16-26)35(40-23-27-17-10-5-11-18-27)33(29)38-21-25-13-6-3-7-14-25/h3-18,20,28-31,33-35H,19,21-24H2,1-2H3/t28-,29+,30-,31+,33-,34+,35+/m1/s1. The van der Waals surface area contributed by atoms with Gasteiger partial charge in [-0.05, 0) is 37.0 Å². The molecular formula is C36H40O6. The van der Waals surface area contributed by atoms with E-state index in [2.05, 4.69) is 48.6 Å². The van der Waals surface area contributed by atoms with Gasteiger partial charge < -0.3 is 23.7 Å². The smallest absolute Gasteiger partial charge is 0.167 e. The van der Waals surface area contributed by atoms with Gasteiger partial charge in [0.1, 0.15) is 12.2 Å². The second kappa shape index (κ2) is 13.0. The normalized spacial score (nSPS) is 29.8. The van der Waals surface area contributed by atoms with E-state index >= 15 is 0 Å². The number of rotatable bonds is 11. The zero-order chi connectivity index (χ0) is 28.9. The molecule has 6 rings (SSSR count). The predicted octanol–water partition coefficient (Wildman–Crippen LogP) is 6.29. The summed E-state index contributed by atoms with van der Waals surface area (Å²) in [5.41, 5.74) is 3.25. The third kappa shape index (κ3) is 6.59. The fourth-order valence-electron chi connectivity index (χ4n) is 6.61. The molecule has 42 heavy (non-hydrogen) atoms. The molecule has 0 unspecified atom stereocenters. The number of fused-ring (bicyclic) bond motifs is 1. The third-order valence-electron chi connectivity index (χ3n) is 8.61. The number of allylic oxidation sites excluding steroid dienone is 1. The zero-order valence-corrected chi connectivity index (χ0v) is 24.3. The molecule has 1 aliphatic heterocycles. The molecule has 220 valence electrons. The van der Waals surface area contributed by atoms with Crippen LogP contribution >= 0.6 is 0 Å². The van der Waals surface area contributed by atoms with Gasteiger partial charge in [-0.3, -0.25) is 4.79 Å². The molecule has 1 saturated carbocycles. The van der Waals surface area contributed by atoms with Crippen LogP contribution in [0, 0.1) is 17.8 Å². The summed E-state index contributed by atoms with van der Waals surface area (Å²) in [6.07, 6.45) is 3.35. The number of ketones is 1. The van der Waals surface area contributed by atoms with Crippen molar-refractivity contribution in [2.24, 2.45) is 17.8 Å². The first-order valence-electron chi connectivity index (χ1n) is 15.0. The fraction of sp³-hybridized carbons (Fsp3) is 0.417. The van der Waals surface area contributed by atoms with Gasteiger partial charge in [0, 0.05) is 17.8 Å². The summed E-state index contributed by atoms with van der Waals surface area (Å²) in [5, 5.41) is 0. The average molecular weight is 569 g/mol. The Morgan fingerprint density at radius 2 is 1.24 bits per heavy atom. The Bertz CT molecular complexity index is 1320. The van der Waals surface area contributed by atoms with E-state index in [1.807, 2.05) is 68.4 Å². The number of carbonyl (C=O) groups excluding carboxylic acids is 1. The number of Topliss-reactive ketones (excluding diaryl/α,β-unsaturated/α-hetero) is 1. The molecule has 0 amide bonds. The minimum absolute atomic E-state index is 0.0479. The van der Waals surface area contributed by atoms with Crippen LogP contribution < -0.4 is 0 Å². The Kier molecular flexibility index (Phi) is 8.98. The number of hydrogen-bond acceptors (Lipinski definition) is 6. The van der Waals surface area contributed by atoms with E-state index in [1.165, 1.54) is 0 Å². The van der Waals surface area contributed by atoms with Crippen LogP contribution in [0.15, 0.2) is 103 Å². The lowest BCUT2D eigenvalue weighted by atomic mass is 9.73. The van der Waals surface area contributed by atoms with E-state index < -0.39 is 11.9 Å². The highest BCUT2D eigenvalue weighted by Gasteiger charge is 2.57. The van der Waals surface area contributed by atoms with Gasteiger partial charge in [0.05, 0.1) is 38.6 Å². The minimum Gasteiger partial charge on any atom is -0.370 e. The van der Waals surface area contributed by atoms with Crippen molar-refractivity contribution >= 4 is 5.78 Å². The summed E-state index contributed by atoms with van der Waals surface area (Å²) in [4.78, 5) is 14.0. The summed E-state index contributed by atoms with van der Waals surface area (Å²) >= 11 is 0. The van der Waals surface area contributed by atoms with Crippen LogP contribution in [0.1, 0.15) is 37.0 Å². The molecule has 6 nitrogen and oxygen atoms in total. The second-order valence-electron chi connectivity index (χ2n) is 11.9.